The monoisotopic (exact) mass is 372 g/mol. The summed E-state index contributed by atoms with van der Waals surface area (Å²) in [5.41, 5.74) is 2.11. The fourth-order valence-electron chi connectivity index (χ4n) is 2.50. The zero-order valence-electron chi connectivity index (χ0n) is 14.5. The second-order valence-electron chi connectivity index (χ2n) is 5.44. The molecule has 0 saturated carbocycles. The van der Waals surface area contributed by atoms with Crippen LogP contribution in [0.4, 0.5) is 5.69 Å². The minimum absolute atomic E-state index is 0.222. The summed E-state index contributed by atoms with van der Waals surface area (Å²) in [5.74, 6) is 0.723. The van der Waals surface area contributed by atoms with Crippen LogP contribution in [0.1, 0.15) is 16.2 Å². The first-order chi connectivity index (χ1) is 12.5. The third-order valence-electron chi connectivity index (χ3n) is 3.80. The number of amides is 1. The van der Waals surface area contributed by atoms with Gasteiger partial charge in [-0.25, -0.2) is 4.68 Å². The number of nitrogens with one attached hydrogen (secondary N) is 1. The fraction of sp³-hybridized carbons (Fsp3) is 0.167. The lowest BCUT2D eigenvalue weighted by atomic mass is 10.2. The van der Waals surface area contributed by atoms with E-state index in [1.165, 1.54) is 7.11 Å². The Morgan fingerprint density at radius 2 is 1.88 bits per heavy atom. The lowest BCUT2D eigenvalue weighted by Gasteiger charge is -2.10. The van der Waals surface area contributed by atoms with E-state index >= 15 is 0 Å². The number of rotatable bonds is 5. The van der Waals surface area contributed by atoms with Gasteiger partial charge in [0.1, 0.15) is 0 Å². The molecule has 7 nitrogen and oxygen atoms in total. The normalized spacial score (nSPS) is 10.5. The number of anilines is 1. The molecule has 1 amide bonds. The Labute approximate surface area is 155 Å². The number of carbonyl (C=O) groups excluding carboxylic acids is 1. The Kier molecular flexibility index (Phi) is 5.09. The molecule has 0 atom stereocenters. The maximum Gasteiger partial charge on any atom is 0.278 e. The number of ether oxygens (including phenoxy) is 2. The van der Waals surface area contributed by atoms with Gasteiger partial charge in [0, 0.05) is 16.8 Å². The van der Waals surface area contributed by atoms with Gasteiger partial charge in [0.15, 0.2) is 17.2 Å². The smallest absolute Gasteiger partial charge is 0.278 e. The summed E-state index contributed by atoms with van der Waals surface area (Å²) in [7, 11) is 3.08. The predicted molar refractivity (Wildman–Crippen MR) is 98.6 cm³/mol. The van der Waals surface area contributed by atoms with Crippen LogP contribution in [0, 0.1) is 6.92 Å². The molecule has 26 heavy (non-hydrogen) atoms. The summed E-state index contributed by atoms with van der Waals surface area (Å²) in [4.78, 5) is 12.6. The van der Waals surface area contributed by atoms with Crippen molar-refractivity contribution in [3.63, 3.8) is 0 Å². The Hall–Kier alpha value is -3.06. The van der Waals surface area contributed by atoms with E-state index in [-0.39, 0.29) is 11.6 Å². The Balaban J connectivity index is 1.85. The highest BCUT2D eigenvalue weighted by atomic mass is 35.5. The summed E-state index contributed by atoms with van der Waals surface area (Å²) < 4.78 is 12.0. The van der Waals surface area contributed by atoms with Crippen LogP contribution in [0.15, 0.2) is 42.5 Å². The molecule has 3 aromatic rings. The molecule has 0 spiro atoms. The first kappa shape index (κ1) is 17.8. The van der Waals surface area contributed by atoms with Crippen LogP contribution in [-0.2, 0) is 0 Å². The maximum atomic E-state index is 12.6. The molecular weight excluding hydrogens is 356 g/mol. The zero-order chi connectivity index (χ0) is 18.7. The van der Waals surface area contributed by atoms with E-state index < -0.39 is 0 Å². The molecule has 3 rings (SSSR count). The van der Waals surface area contributed by atoms with E-state index in [0.717, 1.165) is 5.69 Å². The highest BCUT2D eigenvalue weighted by Crippen LogP contribution is 2.30. The molecule has 8 heteroatoms. The van der Waals surface area contributed by atoms with Gasteiger partial charge in [-0.3, -0.25) is 4.79 Å². The fourth-order valence-corrected chi connectivity index (χ4v) is 2.68. The standard InChI is InChI=1S/C18H17ClN4O3/c1-11-17(21-22-23(11)14-6-4-5-12(19)9-14)18(24)20-13-7-8-15(25-2)16(10-13)26-3/h4-10H,1-3H3,(H,20,24). The minimum Gasteiger partial charge on any atom is -0.493 e. The molecule has 1 aromatic heterocycles. The van der Waals surface area contributed by atoms with Gasteiger partial charge in [0.2, 0.25) is 0 Å². The van der Waals surface area contributed by atoms with Gasteiger partial charge in [-0.1, -0.05) is 22.9 Å². The zero-order valence-corrected chi connectivity index (χ0v) is 15.2. The van der Waals surface area contributed by atoms with E-state index in [2.05, 4.69) is 15.6 Å². The number of nitrogens with zero attached hydrogens (tertiary/aromatic N) is 3. The molecule has 0 unspecified atom stereocenters. The lowest BCUT2D eigenvalue weighted by Crippen LogP contribution is -2.14. The molecule has 0 saturated heterocycles. The topological polar surface area (TPSA) is 78.3 Å². The van der Waals surface area contributed by atoms with Gasteiger partial charge in [-0.15, -0.1) is 5.10 Å². The Bertz CT molecular complexity index is 955. The van der Waals surface area contributed by atoms with Gasteiger partial charge >= 0.3 is 0 Å². The SMILES string of the molecule is COc1ccc(NC(=O)c2nnn(-c3cccc(Cl)c3)c2C)cc1OC. The minimum atomic E-state index is -0.372. The predicted octanol–water partition coefficient (Wildman–Crippen LogP) is 3.50. The molecule has 1 heterocycles. The molecule has 0 aliphatic heterocycles. The molecule has 0 aliphatic carbocycles. The molecule has 0 radical (unpaired) electrons. The van der Waals surface area contributed by atoms with Crippen LogP contribution in [0.3, 0.4) is 0 Å². The van der Waals surface area contributed by atoms with Crippen LogP contribution in [-0.4, -0.2) is 35.1 Å². The van der Waals surface area contributed by atoms with Crippen molar-refractivity contribution >= 4 is 23.2 Å². The van der Waals surface area contributed by atoms with E-state index in [0.29, 0.717) is 27.9 Å². The second kappa shape index (κ2) is 7.45. The third kappa shape index (κ3) is 3.48. The summed E-state index contributed by atoms with van der Waals surface area (Å²) in [5, 5.41) is 11.4. The molecule has 2 aromatic carbocycles. The highest BCUT2D eigenvalue weighted by Gasteiger charge is 2.18. The summed E-state index contributed by atoms with van der Waals surface area (Å²) in [6, 6.07) is 12.3. The van der Waals surface area contributed by atoms with Gasteiger partial charge in [0.25, 0.3) is 5.91 Å². The number of carbonyl (C=O) groups is 1. The Morgan fingerprint density at radius 1 is 1.12 bits per heavy atom. The first-order valence-corrected chi connectivity index (χ1v) is 8.13. The largest absolute Gasteiger partial charge is 0.493 e. The molecule has 134 valence electrons. The van der Waals surface area contributed by atoms with E-state index in [4.69, 9.17) is 21.1 Å². The maximum absolute atomic E-state index is 12.6. The summed E-state index contributed by atoms with van der Waals surface area (Å²) in [6.45, 7) is 1.77. The molecule has 0 fully saturated rings. The number of benzene rings is 2. The van der Waals surface area contributed by atoms with Gasteiger partial charge in [-0.05, 0) is 37.3 Å². The molecule has 0 aliphatic rings. The number of hydrogen-bond donors (Lipinski definition) is 1. The van der Waals surface area contributed by atoms with Crippen LogP contribution in [0.5, 0.6) is 11.5 Å². The number of halogens is 1. The average molecular weight is 373 g/mol. The average Bonchev–Trinajstić information content (AvgIpc) is 3.03. The highest BCUT2D eigenvalue weighted by molar-refractivity contribution is 6.30. The van der Waals surface area contributed by atoms with Crippen LogP contribution < -0.4 is 14.8 Å². The van der Waals surface area contributed by atoms with E-state index in [9.17, 15) is 4.79 Å². The first-order valence-electron chi connectivity index (χ1n) is 7.75. The van der Waals surface area contributed by atoms with Gasteiger partial charge in [0.05, 0.1) is 25.6 Å². The van der Waals surface area contributed by atoms with Crippen molar-refractivity contribution in [2.75, 3.05) is 19.5 Å². The lowest BCUT2D eigenvalue weighted by molar-refractivity contribution is 0.102. The van der Waals surface area contributed by atoms with E-state index in [1.54, 1.807) is 49.0 Å². The summed E-state index contributed by atoms with van der Waals surface area (Å²) in [6.07, 6.45) is 0. The quantitative estimate of drug-likeness (QED) is 0.741. The van der Waals surface area contributed by atoms with Gasteiger partial charge < -0.3 is 14.8 Å². The van der Waals surface area contributed by atoms with Crippen molar-refractivity contribution in [2.45, 2.75) is 6.92 Å². The van der Waals surface area contributed by atoms with Crippen molar-refractivity contribution in [1.82, 2.24) is 15.0 Å². The molecular formula is C18H17ClN4O3. The second-order valence-corrected chi connectivity index (χ2v) is 5.88. The van der Waals surface area contributed by atoms with Crippen molar-refractivity contribution in [3.8, 4) is 17.2 Å². The molecule has 0 bridgehead atoms. The van der Waals surface area contributed by atoms with Crippen molar-refractivity contribution in [3.05, 3.63) is 58.9 Å². The third-order valence-corrected chi connectivity index (χ3v) is 4.04. The number of methoxy groups -OCH3 is 2. The van der Waals surface area contributed by atoms with E-state index in [1.807, 2.05) is 12.1 Å². The Morgan fingerprint density at radius 3 is 2.58 bits per heavy atom. The van der Waals surface area contributed by atoms with Crippen LogP contribution in [0.25, 0.3) is 5.69 Å². The van der Waals surface area contributed by atoms with Crippen molar-refractivity contribution < 1.29 is 14.3 Å². The van der Waals surface area contributed by atoms with Crippen LogP contribution >= 0.6 is 11.6 Å². The van der Waals surface area contributed by atoms with Crippen molar-refractivity contribution in [2.24, 2.45) is 0 Å². The number of hydrogen-bond acceptors (Lipinski definition) is 5. The van der Waals surface area contributed by atoms with Gasteiger partial charge in [-0.2, -0.15) is 0 Å². The van der Waals surface area contributed by atoms with Crippen LogP contribution in [0.2, 0.25) is 5.02 Å². The number of aromatic nitrogens is 3. The van der Waals surface area contributed by atoms with Crippen molar-refractivity contribution in [1.29, 1.82) is 0 Å². The molecule has 1 N–H and O–H groups in total. The summed E-state index contributed by atoms with van der Waals surface area (Å²) >= 11 is 6.01.